The summed E-state index contributed by atoms with van der Waals surface area (Å²) in [5.74, 6) is -3.61. The second kappa shape index (κ2) is 17.6. The molecule has 230 valence electrons. The molecule has 7 N–H and O–H groups in total. The molecule has 15 nitrogen and oxygen atoms in total. The second-order valence-corrected chi connectivity index (χ2v) is 10.4. The lowest BCUT2D eigenvalue weighted by Gasteiger charge is -2.25. The molecule has 0 aliphatic carbocycles. The van der Waals surface area contributed by atoms with Gasteiger partial charge in [0.1, 0.15) is 17.9 Å². The number of hydrogen-bond acceptors (Lipinski definition) is 8. The van der Waals surface area contributed by atoms with Gasteiger partial charge in [-0.2, -0.15) is 0 Å². The van der Waals surface area contributed by atoms with Crippen LogP contribution in [0.2, 0.25) is 0 Å². The smallest absolute Gasteiger partial charge is 0.312 e. The molecule has 8 amide bonds. The Morgan fingerprint density at radius 3 is 2.15 bits per heavy atom. The van der Waals surface area contributed by atoms with Crippen LogP contribution in [0, 0.1) is 11.8 Å². The van der Waals surface area contributed by atoms with Gasteiger partial charge in [-0.1, -0.05) is 20.8 Å². The molecule has 15 heteroatoms. The van der Waals surface area contributed by atoms with Crippen LogP contribution in [0.25, 0.3) is 0 Å². The van der Waals surface area contributed by atoms with E-state index < -0.39 is 41.7 Å². The topological polar surface area (TPSA) is 226 Å². The van der Waals surface area contributed by atoms with E-state index in [1.54, 1.807) is 20.8 Å². The van der Waals surface area contributed by atoms with E-state index in [2.05, 4.69) is 26.6 Å². The van der Waals surface area contributed by atoms with Gasteiger partial charge in [-0.25, -0.2) is 4.79 Å². The average molecular weight is 582 g/mol. The Kier molecular flexibility index (Phi) is 15.0. The van der Waals surface area contributed by atoms with Crippen LogP contribution in [0.5, 0.6) is 0 Å². The minimum atomic E-state index is -1.09. The molecule has 0 aromatic rings. The first-order valence-corrected chi connectivity index (χ1v) is 13.7. The molecule has 0 bridgehead atoms. The SMILES string of the molecule is CC(=O)CCNC(=O)CNC(=O)[C@H](CCCNC(N)=O)NC(=O)[C@@H](NC(=O)CCCN1C(=O)CC(C)C1=O)C(C)C. The van der Waals surface area contributed by atoms with Crippen molar-refractivity contribution in [3.05, 3.63) is 0 Å². The maximum atomic E-state index is 13.1. The summed E-state index contributed by atoms with van der Waals surface area (Å²) in [5, 5.41) is 12.6. The number of likely N-dealkylation sites (tertiary alicyclic amines) is 1. The first kappa shape index (κ1) is 35.0. The van der Waals surface area contributed by atoms with E-state index in [0.29, 0.717) is 0 Å². The van der Waals surface area contributed by atoms with Crippen molar-refractivity contribution in [2.45, 2.75) is 78.3 Å². The van der Waals surface area contributed by atoms with Crippen LogP contribution in [0.4, 0.5) is 4.79 Å². The fourth-order valence-electron chi connectivity index (χ4n) is 4.04. The minimum Gasteiger partial charge on any atom is -0.354 e. The number of nitrogens with one attached hydrogen (secondary N) is 5. The predicted octanol–water partition coefficient (Wildman–Crippen LogP) is -1.55. The van der Waals surface area contributed by atoms with E-state index in [-0.39, 0.29) is 94.1 Å². The summed E-state index contributed by atoms with van der Waals surface area (Å²) in [6, 6.07) is -2.83. The summed E-state index contributed by atoms with van der Waals surface area (Å²) in [6.45, 7) is 6.49. The number of primary amides is 1. The first-order valence-electron chi connectivity index (χ1n) is 13.7. The van der Waals surface area contributed by atoms with Crippen molar-refractivity contribution in [1.82, 2.24) is 31.5 Å². The number of nitrogens with two attached hydrogens (primary N) is 1. The summed E-state index contributed by atoms with van der Waals surface area (Å²) >= 11 is 0. The Morgan fingerprint density at radius 2 is 1.59 bits per heavy atom. The normalized spacial score (nSPS) is 16.1. The molecule has 41 heavy (non-hydrogen) atoms. The van der Waals surface area contributed by atoms with E-state index >= 15 is 0 Å². The molecule has 1 heterocycles. The number of rotatable bonds is 18. The number of Topliss-reactive ketones (excluding diaryl/α,β-unsaturated/α-hetero) is 1. The van der Waals surface area contributed by atoms with Gasteiger partial charge in [-0.05, 0) is 32.1 Å². The van der Waals surface area contributed by atoms with Gasteiger partial charge in [0.05, 0.1) is 6.54 Å². The van der Waals surface area contributed by atoms with Gasteiger partial charge in [-0.15, -0.1) is 0 Å². The Balaban J connectivity index is 2.73. The molecule has 3 atom stereocenters. The summed E-state index contributed by atoms with van der Waals surface area (Å²) in [6.07, 6.45) is 0.883. The predicted molar refractivity (Wildman–Crippen MR) is 147 cm³/mol. The van der Waals surface area contributed by atoms with Crippen molar-refractivity contribution in [1.29, 1.82) is 0 Å². The summed E-state index contributed by atoms with van der Waals surface area (Å²) in [4.78, 5) is 97.6. The van der Waals surface area contributed by atoms with Crippen LogP contribution in [0.3, 0.4) is 0 Å². The third-order valence-corrected chi connectivity index (χ3v) is 6.34. The van der Waals surface area contributed by atoms with Gasteiger partial charge in [-0.3, -0.25) is 38.5 Å². The number of imide groups is 1. The Labute approximate surface area is 239 Å². The fourth-order valence-corrected chi connectivity index (χ4v) is 4.04. The molecule has 1 unspecified atom stereocenters. The number of nitrogens with zero attached hydrogens (tertiary/aromatic N) is 1. The molecular weight excluding hydrogens is 538 g/mol. The van der Waals surface area contributed by atoms with Crippen molar-refractivity contribution in [3.8, 4) is 0 Å². The van der Waals surface area contributed by atoms with Crippen LogP contribution < -0.4 is 32.3 Å². The molecule has 0 aromatic heterocycles. The highest BCUT2D eigenvalue weighted by Gasteiger charge is 2.35. The van der Waals surface area contributed by atoms with Gasteiger partial charge < -0.3 is 32.3 Å². The largest absolute Gasteiger partial charge is 0.354 e. The number of carbonyl (C=O) groups is 8. The molecule has 0 saturated carbocycles. The molecular formula is C26H43N7O8. The number of urea groups is 1. The first-order chi connectivity index (χ1) is 19.2. The van der Waals surface area contributed by atoms with Gasteiger partial charge in [0.25, 0.3) is 0 Å². The zero-order chi connectivity index (χ0) is 31.1. The minimum absolute atomic E-state index is 0.0244. The zero-order valence-corrected chi connectivity index (χ0v) is 24.2. The summed E-state index contributed by atoms with van der Waals surface area (Å²) < 4.78 is 0. The van der Waals surface area contributed by atoms with E-state index in [1.807, 2.05) is 0 Å². The van der Waals surface area contributed by atoms with Crippen LogP contribution in [-0.2, 0) is 33.6 Å². The van der Waals surface area contributed by atoms with Crippen molar-refractivity contribution >= 4 is 47.3 Å². The number of ketones is 1. The summed E-state index contributed by atoms with van der Waals surface area (Å²) in [7, 11) is 0. The lowest BCUT2D eigenvalue weighted by Crippen LogP contribution is -2.56. The summed E-state index contributed by atoms with van der Waals surface area (Å²) in [5.41, 5.74) is 5.06. The molecule has 0 radical (unpaired) electrons. The third-order valence-electron chi connectivity index (χ3n) is 6.34. The lowest BCUT2D eigenvalue weighted by atomic mass is 10.0. The van der Waals surface area contributed by atoms with Gasteiger partial charge >= 0.3 is 6.03 Å². The quantitative estimate of drug-likeness (QED) is 0.0818. The maximum absolute atomic E-state index is 13.1. The number of amides is 8. The average Bonchev–Trinajstić information content (AvgIpc) is 3.12. The van der Waals surface area contributed by atoms with Gasteiger partial charge in [0.15, 0.2) is 0 Å². The number of carbonyl (C=O) groups excluding carboxylic acids is 8. The van der Waals surface area contributed by atoms with E-state index in [9.17, 15) is 38.4 Å². The molecule has 0 spiro atoms. The molecule has 0 aromatic carbocycles. The molecule has 1 fully saturated rings. The highest BCUT2D eigenvalue weighted by atomic mass is 16.2. The second-order valence-electron chi connectivity index (χ2n) is 10.4. The van der Waals surface area contributed by atoms with Crippen molar-refractivity contribution in [3.63, 3.8) is 0 Å². The molecule has 1 aliphatic rings. The molecule has 1 saturated heterocycles. The monoisotopic (exact) mass is 581 g/mol. The number of hydrogen-bond donors (Lipinski definition) is 6. The lowest BCUT2D eigenvalue weighted by molar-refractivity contribution is -0.139. The van der Waals surface area contributed by atoms with E-state index in [1.165, 1.54) is 6.92 Å². The molecule has 1 aliphatic heterocycles. The Hall–Kier alpha value is -4.04. The highest BCUT2D eigenvalue weighted by molar-refractivity contribution is 6.03. The van der Waals surface area contributed by atoms with E-state index in [4.69, 9.17) is 5.73 Å². The molecule has 1 rings (SSSR count). The Bertz CT molecular complexity index is 1000. The van der Waals surface area contributed by atoms with Gasteiger partial charge in [0, 0.05) is 44.8 Å². The standard InChI is InChI=1S/C26H43N7O8/c1-15(2)22(32-19(35)8-6-12-33-21(37)13-16(3)25(33)40)24(39)31-18(7-5-10-29-26(27)41)23(38)30-14-20(36)28-11-9-17(4)34/h15-16,18,22H,5-14H2,1-4H3,(H,28,36)(H,30,38)(H,31,39)(H,32,35)(H3,27,29,41)/t16?,18-,22-/m0/s1. The highest BCUT2D eigenvalue weighted by Crippen LogP contribution is 2.19. The van der Waals surface area contributed by atoms with Crippen LogP contribution >= 0.6 is 0 Å². The van der Waals surface area contributed by atoms with Crippen LogP contribution in [0.15, 0.2) is 0 Å². The van der Waals surface area contributed by atoms with Gasteiger partial charge in [0.2, 0.25) is 35.4 Å². The fraction of sp³-hybridized carbons (Fsp3) is 0.692. The van der Waals surface area contributed by atoms with Crippen molar-refractivity contribution < 1.29 is 38.4 Å². The van der Waals surface area contributed by atoms with Crippen molar-refractivity contribution in [2.24, 2.45) is 17.6 Å². The van der Waals surface area contributed by atoms with Crippen LogP contribution in [-0.4, -0.2) is 90.4 Å². The van der Waals surface area contributed by atoms with E-state index in [0.717, 1.165) is 4.90 Å². The zero-order valence-electron chi connectivity index (χ0n) is 24.2. The third kappa shape index (κ3) is 13.2. The van der Waals surface area contributed by atoms with Crippen molar-refractivity contribution in [2.75, 3.05) is 26.2 Å². The maximum Gasteiger partial charge on any atom is 0.312 e. The van der Waals surface area contributed by atoms with Crippen LogP contribution in [0.1, 0.15) is 66.2 Å². The Morgan fingerprint density at radius 1 is 0.902 bits per heavy atom.